The molecular weight excluding hydrogens is 484 g/mol. The lowest BCUT2D eigenvalue weighted by molar-refractivity contribution is -0.136. The molecule has 202 valence electrons. The van der Waals surface area contributed by atoms with E-state index in [1.54, 1.807) is 17.0 Å². The lowest BCUT2D eigenvalue weighted by Crippen LogP contribution is -2.48. The highest BCUT2D eigenvalue weighted by Gasteiger charge is 2.47. The zero-order valence-electron chi connectivity index (χ0n) is 22.2. The largest absolute Gasteiger partial charge is 0.481 e. The zero-order valence-corrected chi connectivity index (χ0v) is 22.2. The summed E-state index contributed by atoms with van der Waals surface area (Å²) >= 11 is 0. The first-order valence-corrected chi connectivity index (χ1v) is 13.5. The molecule has 1 saturated heterocycles. The molecule has 38 heavy (non-hydrogen) atoms. The number of carbonyl (C=O) groups excluding carboxylic acids is 3. The van der Waals surface area contributed by atoms with Gasteiger partial charge in [-0.1, -0.05) is 24.3 Å². The first-order valence-electron chi connectivity index (χ1n) is 13.5. The molecule has 1 N–H and O–H groups in total. The van der Waals surface area contributed by atoms with Crippen LogP contribution < -0.4 is 14.8 Å². The van der Waals surface area contributed by atoms with Gasteiger partial charge in [-0.15, -0.1) is 0 Å². The molecule has 5 rings (SSSR count). The van der Waals surface area contributed by atoms with E-state index in [1.807, 2.05) is 17.0 Å². The van der Waals surface area contributed by atoms with Crippen molar-refractivity contribution in [3.05, 3.63) is 53.1 Å². The number of nitrogens with one attached hydrogen (secondary N) is 1. The monoisotopic (exact) mass is 520 g/mol. The molecule has 2 aromatic rings. The van der Waals surface area contributed by atoms with E-state index in [0.717, 1.165) is 25.7 Å². The van der Waals surface area contributed by atoms with Crippen LogP contribution in [0, 0.1) is 11.8 Å². The van der Waals surface area contributed by atoms with E-state index in [-0.39, 0.29) is 35.6 Å². The predicted octanol–water partition coefficient (Wildman–Crippen LogP) is 2.82. The van der Waals surface area contributed by atoms with E-state index in [9.17, 15) is 14.4 Å². The average molecular weight is 521 g/mol. The normalized spacial score (nSPS) is 23.6. The topological polar surface area (TPSA) is 101 Å². The summed E-state index contributed by atoms with van der Waals surface area (Å²) in [5.74, 6) is -0.454. The Morgan fingerprint density at radius 2 is 1.79 bits per heavy atom. The van der Waals surface area contributed by atoms with Gasteiger partial charge in [-0.2, -0.15) is 4.98 Å². The summed E-state index contributed by atoms with van der Waals surface area (Å²) in [6.07, 6.45) is 4.31. The van der Waals surface area contributed by atoms with Crippen molar-refractivity contribution in [1.82, 2.24) is 20.1 Å². The summed E-state index contributed by atoms with van der Waals surface area (Å²) in [5, 5.41) is 3.06. The second kappa shape index (κ2) is 11.4. The Balaban J connectivity index is 1.41. The van der Waals surface area contributed by atoms with Crippen LogP contribution in [0.25, 0.3) is 0 Å². The molecule has 0 radical (unpaired) electrons. The Kier molecular flexibility index (Phi) is 7.81. The van der Waals surface area contributed by atoms with E-state index in [4.69, 9.17) is 9.47 Å². The van der Waals surface area contributed by atoms with Crippen molar-refractivity contribution in [1.29, 1.82) is 0 Å². The van der Waals surface area contributed by atoms with Crippen molar-refractivity contribution in [2.24, 2.45) is 11.8 Å². The highest BCUT2D eigenvalue weighted by molar-refractivity contribution is 5.97. The van der Waals surface area contributed by atoms with Crippen LogP contribution >= 0.6 is 0 Å². The summed E-state index contributed by atoms with van der Waals surface area (Å²) in [6, 6.07) is 11.2. The van der Waals surface area contributed by atoms with Gasteiger partial charge in [0.1, 0.15) is 5.56 Å². The molecule has 3 heterocycles. The molecule has 0 spiro atoms. The van der Waals surface area contributed by atoms with Crippen molar-refractivity contribution in [2.45, 2.75) is 51.1 Å². The van der Waals surface area contributed by atoms with Gasteiger partial charge in [0.25, 0.3) is 5.91 Å². The molecule has 1 aromatic heterocycles. The number of benzene rings is 1. The number of hydrogen-bond donors (Lipinski definition) is 1. The molecule has 3 atom stereocenters. The quantitative estimate of drug-likeness (QED) is 0.666. The van der Waals surface area contributed by atoms with Crippen LogP contribution in [0.5, 0.6) is 11.8 Å². The number of aromatic nitrogens is 1. The van der Waals surface area contributed by atoms with E-state index in [0.29, 0.717) is 50.5 Å². The van der Waals surface area contributed by atoms with E-state index in [2.05, 4.69) is 22.4 Å². The minimum Gasteiger partial charge on any atom is -0.481 e. The van der Waals surface area contributed by atoms with Crippen molar-refractivity contribution in [3.8, 4) is 11.8 Å². The first-order chi connectivity index (χ1) is 18.5. The molecule has 9 nitrogen and oxygen atoms in total. The second-order valence-electron chi connectivity index (χ2n) is 10.4. The van der Waals surface area contributed by atoms with Gasteiger partial charge in [0.15, 0.2) is 0 Å². The predicted molar refractivity (Wildman–Crippen MR) is 141 cm³/mol. The van der Waals surface area contributed by atoms with Crippen molar-refractivity contribution < 1.29 is 23.9 Å². The number of nitrogens with zero attached hydrogens (tertiary/aromatic N) is 3. The SMILES string of the molecule is COc1ccc(C(=O)N2CCCCCNC(=O)[C@H]3C[C@H](C(=O)N4CCc5ccccc5C4)C[C@H]32)c(OC)n1. The molecule has 9 heteroatoms. The minimum absolute atomic E-state index is 0.0748. The molecule has 1 aliphatic carbocycles. The molecule has 3 amide bonds. The molecule has 3 aliphatic rings. The second-order valence-corrected chi connectivity index (χ2v) is 10.4. The van der Waals surface area contributed by atoms with Gasteiger partial charge in [0.2, 0.25) is 23.6 Å². The number of fused-ring (bicyclic) bond motifs is 2. The third-order valence-electron chi connectivity index (χ3n) is 8.16. The summed E-state index contributed by atoms with van der Waals surface area (Å²) in [5.41, 5.74) is 2.79. The van der Waals surface area contributed by atoms with Gasteiger partial charge >= 0.3 is 0 Å². The molecule has 2 aliphatic heterocycles. The molecule has 2 fully saturated rings. The number of ether oxygens (including phenoxy) is 2. The van der Waals surface area contributed by atoms with Gasteiger partial charge in [-0.05, 0) is 55.7 Å². The summed E-state index contributed by atoms with van der Waals surface area (Å²) < 4.78 is 10.6. The van der Waals surface area contributed by atoms with Crippen molar-refractivity contribution in [2.75, 3.05) is 33.9 Å². The molecule has 1 aromatic carbocycles. The fourth-order valence-corrected chi connectivity index (χ4v) is 6.14. The molecular formula is C29H36N4O5. The Morgan fingerprint density at radius 3 is 2.58 bits per heavy atom. The van der Waals surface area contributed by atoms with E-state index >= 15 is 0 Å². The summed E-state index contributed by atoms with van der Waals surface area (Å²) in [7, 11) is 2.98. The number of rotatable bonds is 4. The lowest BCUT2D eigenvalue weighted by atomic mass is 9.97. The summed E-state index contributed by atoms with van der Waals surface area (Å²) in [6.45, 7) is 2.39. The van der Waals surface area contributed by atoms with Crippen LogP contribution in [0.4, 0.5) is 0 Å². The van der Waals surface area contributed by atoms with Gasteiger partial charge in [-0.3, -0.25) is 14.4 Å². The van der Waals surface area contributed by atoms with Gasteiger partial charge in [0, 0.05) is 44.2 Å². The van der Waals surface area contributed by atoms with Gasteiger partial charge < -0.3 is 24.6 Å². The van der Waals surface area contributed by atoms with Crippen LogP contribution in [0.3, 0.4) is 0 Å². The maximum absolute atomic E-state index is 13.9. The molecule has 0 bridgehead atoms. The van der Waals surface area contributed by atoms with E-state index < -0.39 is 5.92 Å². The van der Waals surface area contributed by atoms with Crippen molar-refractivity contribution in [3.63, 3.8) is 0 Å². The third-order valence-corrected chi connectivity index (χ3v) is 8.16. The van der Waals surface area contributed by atoms with Crippen LogP contribution in [-0.4, -0.2) is 72.4 Å². The molecule has 0 unspecified atom stereocenters. The lowest BCUT2D eigenvalue weighted by Gasteiger charge is -2.34. The maximum atomic E-state index is 13.9. The fourth-order valence-electron chi connectivity index (χ4n) is 6.14. The van der Waals surface area contributed by atoms with Crippen LogP contribution in [0.2, 0.25) is 0 Å². The standard InChI is InChI=1S/C29H36N4O5/c1-37-25-11-10-22(27(31-25)38-2)29(36)33-14-7-3-6-13-30-26(34)23-16-21(17-24(23)33)28(35)32-15-12-19-8-4-5-9-20(19)18-32/h4-5,8-11,21,23-24H,3,6-7,12-18H2,1-2H3,(H,30,34)/t21-,23-,24+/m0/s1. The number of hydrogen-bond acceptors (Lipinski definition) is 6. The number of amides is 3. The fraction of sp³-hybridized carbons (Fsp3) is 0.517. The highest BCUT2D eigenvalue weighted by Crippen LogP contribution is 2.38. The zero-order chi connectivity index (χ0) is 26.6. The smallest absolute Gasteiger partial charge is 0.259 e. The highest BCUT2D eigenvalue weighted by atomic mass is 16.5. The minimum atomic E-state index is -0.444. The van der Waals surface area contributed by atoms with Crippen molar-refractivity contribution >= 4 is 17.7 Å². The van der Waals surface area contributed by atoms with Gasteiger partial charge in [-0.25, -0.2) is 0 Å². The first kappa shape index (κ1) is 26.0. The number of methoxy groups -OCH3 is 2. The Bertz CT molecular complexity index is 1200. The average Bonchev–Trinajstić information content (AvgIpc) is 3.40. The number of pyridine rings is 1. The van der Waals surface area contributed by atoms with Crippen LogP contribution in [0.15, 0.2) is 36.4 Å². The summed E-state index contributed by atoms with van der Waals surface area (Å²) in [4.78, 5) is 49.0. The van der Waals surface area contributed by atoms with Crippen LogP contribution in [0.1, 0.15) is 53.6 Å². The maximum Gasteiger partial charge on any atom is 0.259 e. The third kappa shape index (κ3) is 5.19. The Morgan fingerprint density at radius 1 is 0.974 bits per heavy atom. The van der Waals surface area contributed by atoms with Gasteiger partial charge in [0.05, 0.1) is 20.1 Å². The number of carbonyl (C=O) groups is 3. The van der Waals surface area contributed by atoms with E-state index in [1.165, 1.54) is 25.3 Å². The Hall–Kier alpha value is -3.62. The van der Waals surface area contributed by atoms with Crippen LogP contribution in [-0.2, 0) is 22.6 Å². The Labute approximate surface area is 223 Å². The molecule has 1 saturated carbocycles.